The number of hydrogen-bond donors (Lipinski definition) is 1. The predicted molar refractivity (Wildman–Crippen MR) is 86.2 cm³/mol. The molecule has 1 aliphatic carbocycles. The summed E-state index contributed by atoms with van der Waals surface area (Å²) in [6.45, 7) is 4.84. The van der Waals surface area contributed by atoms with Gasteiger partial charge in [0.05, 0.1) is 7.11 Å². The van der Waals surface area contributed by atoms with Gasteiger partial charge in [-0.05, 0) is 6.07 Å². The van der Waals surface area contributed by atoms with Crippen LogP contribution in [0.5, 0.6) is 11.5 Å². The molecule has 22 heavy (non-hydrogen) atoms. The van der Waals surface area contributed by atoms with E-state index in [1.54, 1.807) is 14.2 Å². The topological polar surface area (TPSA) is 53.7 Å². The van der Waals surface area contributed by atoms with E-state index in [9.17, 15) is 0 Å². The van der Waals surface area contributed by atoms with Crippen LogP contribution in [0.4, 0.5) is 0 Å². The first-order valence-corrected chi connectivity index (χ1v) is 7.50. The Morgan fingerprint density at radius 2 is 2.05 bits per heavy atom. The van der Waals surface area contributed by atoms with Crippen molar-refractivity contribution in [3.63, 3.8) is 0 Å². The Kier molecular flexibility index (Phi) is 3.54. The van der Waals surface area contributed by atoms with E-state index in [2.05, 4.69) is 32.1 Å². The lowest BCUT2D eigenvalue weighted by molar-refractivity contribution is 0.0298. The largest absolute Gasteiger partial charge is 0.497 e. The quantitative estimate of drug-likeness (QED) is 0.932. The van der Waals surface area contributed by atoms with Gasteiger partial charge in [-0.3, -0.25) is 0 Å². The van der Waals surface area contributed by atoms with Crippen molar-refractivity contribution in [2.75, 3.05) is 20.8 Å². The molecule has 4 heteroatoms. The molecule has 1 atom stereocenters. The minimum absolute atomic E-state index is 0.125. The van der Waals surface area contributed by atoms with Crippen molar-refractivity contribution in [1.82, 2.24) is 0 Å². The van der Waals surface area contributed by atoms with Crippen molar-refractivity contribution < 1.29 is 14.2 Å². The standard InChI is InChI=1S/C18H23NO3/c1-17(2)13-6-5-12(20-3)9-15(13)22-16-10-18(11-19,21-4)8-7-14(16)17/h5-9H,10-11,19H2,1-4H3. The SMILES string of the molecule is COc1ccc2c(c1)OC1=C(C=CC(CN)(OC)C1)C2(C)C. The average molecular weight is 301 g/mol. The Labute approximate surface area is 131 Å². The number of nitrogens with two attached hydrogens (primary N) is 1. The number of hydrogen-bond acceptors (Lipinski definition) is 4. The van der Waals surface area contributed by atoms with Gasteiger partial charge in [0.2, 0.25) is 0 Å². The van der Waals surface area contributed by atoms with Crippen LogP contribution in [0.3, 0.4) is 0 Å². The number of benzene rings is 1. The van der Waals surface area contributed by atoms with Gasteiger partial charge in [0, 0.05) is 42.7 Å². The molecule has 0 fully saturated rings. The average Bonchev–Trinajstić information content (AvgIpc) is 2.53. The smallest absolute Gasteiger partial charge is 0.134 e. The lowest BCUT2D eigenvalue weighted by Gasteiger charge is -2.41. The molecule has 1 aliphatic heterocycles. The summed E-state index contributed by atoms with van der Waals surface area (Å²) < 4.78 is 17.1. The molecule has 2 aliphatic rings. The zero-order valence-corrected chi connectivity index (χ0v) is 13.6. The molecule has 118 valence electrons. The van der Waals surface area contributed by atoms with Crippen molar-refractivity contribution in [2.24, 2.45) is 5.73 Å². The van der Waals surface area contributed by atoms with Crippen molar-refractivity contribution in [1.29, 1.82) is 0 Å². The fraction of sp³-hybridized carbons (Fsp3) is 0.444. The molecule has 1 unspecified atom stereocenters. The minimum atomic E-state index is -0.481. The summed E-state index contributed by atoms with van der Waals surface area (Å²) in [6.07, 6.45) is 4.81. The number of rotatable bonds is 3. The van der Waals surface area contributed by atoms with Crippen LogP contribution in [0.25, 0.3) is 0 Å². The van der Waals surface area contributed by atoms with Gasteiger partial charge in [-0.1, -0.05) is 32.1 Å². The third kappa shape index (κ3) is 2.14. The summed E-state index contributed by atoms with van der Waals surface area (Å²) in [6, 6.07) is 5.99. The lowest BCUT2D eigenvalue weighted by Crippen LogP contribution is -2.42. The summed E-state index contributed by atoms with van der Waals surface area (Å²) in [5.41, 5.74) is 7.65. The van der Waals surface area contributed by atoms with E-state index in [0.29, 0.717) is 13.0 Å². The van der Waals surface area contributed by atoms with Crippen LogP contribution in [-0.4, -0.2) is 26.4 Å². The molecule has 1 aromatic rings. The molecule has 4 nitrogen and oxygen atoms in total. The summed E-state index contributed by atoms with van der Waals surface area (Å²) in [4.78, 5) is 0. The molecule has 0 spiro atoms. The number of fused-ring (bicyclic) bond motifs is 1. The number of methoxy groups -OCH3 is 2. The first-order valence-electron chi connectivity index (χ1n) is 7.50. The van der Waals surface area contributed by atoms with Crippen LogP contribution in [0, 0.1) is 0 Å². The Hall–Kier alpha value is -1.78. The highest BCUT2D eigenvalue weighted by molar-refractivity contribution is 5.56. The normalized spacial score (nSPS) is 25.3. The highest BCUT2D eigenvalue weighted by Crippen LogP contribution is 2.48. The fourth-order valence-electron chi connectivity index (χ4n) is 3.27. The van der Waals surface area contributed by atoms with Gasteiger partial charge in [-0.2, -0.15) is 0 Å². The molecular weight excluding hydrogens is 278 g/mol. The van der Waals surface area contributed by atoms with Crippen LogP contribution in [0.15, 0.2) is 41.7 Å². The second kappa shape index (κ2) is 5.14. The Morgan fingerprint density at radius 3 is 2.68 bits per heavy atom. The minimum Gasteiger partial charge on any atom is -0.497 e. The fourth-order valence-corrected chi connectivity index (χ4v) is 3.27. The summed E-state index contributed by atoms with van der Waals surface area (Å²) >= 11 is 0. The predicted octanol–water partition coefficient (Wildman–Crippen LogP) is 2.92. The van der Waals surface area contributed by atoms with Gasteiger partial charge < -0.3 is 19.9 Å². The molecule has 3 rings (SSSR count). The molecule has 0 saturated carbocycles. The Morgan fingerprint density at radius 1 is 1.27 bits per heavy atom. The van der Waals surface area contributed by atoms with E-state index in [4.69, 9.17) is 19.9 Å². The van der Waals surface area contributed by atoms with Crippen LogP contribution in [0.1, 0.15) is 25.8 Å². The molecule has 0 radical (unpaired) electrons. The molecule has 2 N–H and O–H groups in total. The van der Waals surface area contributed by atoms with Crippen molar-refractivity contribution in [2.45, 2.75) is 31.3 Å². The number of allylic oxidation sites excluding steroid dienone is 2. The summed E-state index contributed by atoms with van der Waals surface area (Å²) in [5, 5.41) is 0. The first-order chi connectivity index (χ1) is 10.5. The second-order valence-electron chi connectivity index (χ2n) is 6.41. The van der Waals surface area contributed by atoms with Crippen molar-refractivity contribution >= 4 is 0 Å². The van der Waals surface area contributed by atoms with Crippen LogP contribution in [0.2, 0.25) is 0 Å². The Balaban J connectivity index is 2.06. The van der Waals surface area contributed by atoms with E-state index in [0.717, 1.165) is 22.8 Å². The summed E-state index contributed by atoms with van der Waals surface area (Å²) in [7, 11) is 3.35. The Bertz CT molecular complexity index is 654. The molecule has 0 saturated heterocycles. The van der Waals surface area contributed by atoms with Gasteiger partial charge in [0.1, 0.15) is 22.9 Å². The van der Waals surface area contributed by atoms with Gasteiger partial charge in [0.25, 0.3) is 0 Å². The monoisotopic (exact) mass is 301 g/mol. The zero-order valence-electron chi connectivity index (χ0n) is 13.6. The molecule has 0 aromatic heterocycles. The molecule has 1 heterocycles. The summed E-state index contributed by atoms with van der Waals surface area (Å²) in [5.74, 6) is 2.57. The zero-order chi connectivity index (χ0) is 16.0. The number of ether oxygens (including phenoxy) is 3. The van der Waals surface area contributed by atoms with Crippen molar-refractivity contribution in [3.05, 3.63) is 47.2 Å². The highest BCUT2D eigenvalue weighted by Gasteiger charge is 2.41. The first kappa shape index (κ1) is 15.1. The van der Waals surface area contributed by atoms with Gasteiger partial charge in [0.15, 0.2) is 0 Å². The van der Waals surface area contributed by atoms with E-state index >= 15 is 0 Å². The molecule has 1 aromatic carbocycles. The highest BCUT2D eigenvalue weighted by atomic mass is 16.5. The van der Waals surface area contributed by atoms with E-state index < -0.39 is 5.60 Å². The van der Waals surface area contributed by atoms with E-state index in [1.807, 2.05) is 12.1 Å². The van der Waals surface area contributed by atoms with Gasteiger partial charge >= 0.3 is 0 Å². The maximum absolute atomic E-state index is 6.19. The lowest BCUT2D eigenvalue weighted by atomic mass is 9.72. The van der Waals surface area contributed by atoms with Crippen LogP contribution >= 0.6 is 0 Å². The molecule has 0 bridgehead atoms. The molecular formula is C18H23NO3. The van der Waals surface area contributed by atoms with E-state index in [1.165, 1.54) is 5.57 Å². The van der Waals surface area contributed by atoms with Gasteiger partial charge in [-0.25, -0.2) is 0 Å². The van der Waals surface area contributed by atoms with E-state index in [-0.39, 0.29) is 5.41 Å². The molecule has 0 amide bonds. The maximum atomic E-state index is 6.19. The van der Waals surface area contributed by atoms with Gasteiger partial charge in [-0.15, -0.1) is 0 Å². The third-order valence-corrected chi connectivity index (χ3v) is 4.83. The van der Waals surface area contributed by atoms with Crippen LogP contribution in [-0.2, 0) is 10.2 Å². The maximum Gasteiger partial charge on any atom is 0.134 e. The second-order valence-corrected chi connectivity index (χ2v) is 6.41. The van der Waals surface area contributed by atoms with Crippen molar-refractivity contribution in [3.8, 4) is 11.5 Å². The third-order valence-electron chi connectivity index (χ3n) is 4.83. The van der Waals surface area contributed by atoms with Crippen LogP contribution < -0.4 is 15.2 Å².